The van der Waals surface area contributed by atoms with Crippen molar-refractivity contribution in [3.63, 3.8) is 0 Å². The summed E-state index contributed by atoms with van der Waals surface area (Å²) in [6.45, 7) is 6.91. The summed E-state index contributed by atoms with van der Waals surface area (Å²) in [6, 6.07) is 4.04. The maximum atomic E-state index is 6.05. The Balaban J connectivity index is 3.37. The van der Waals surface area contributed by atoms with E-state index in [4.69, 9.17) is 11.5 Å². The van der Waals surface area contributed by atoms with Crippen LogP contribution in [0.15, 0.2) is 16.6 Å². The molecule has 0 saturated carbocycles. The first kappa shape index (κ1) is 11.5. The fourth-order valence-corrected chi connectivity index (χ4v) is 1.97. The Labute approximate surface area is 93.8 Å². The maximum absolute atomic E-state index is 6.05. The molecule has 0 bridgehead atoms. The first-order valence-electron chi connectivity index (χ1n) is 4.64. The Morgan fingerprint density at radius 3 is 2.29 bits per heavy atom. The van der Waals surface area contributed by atoms with Crippen molar-refractivity contribution in [2.24, 2.45) is 5.73 Å². The van der Waals surface area contributed by atoms with E-state index in [-0.39, 0.29) is 5.41 Å². The van der Waals surface area contributed by atoms with E-state index in [0.29, 0.717) is 6.54 Å². The minimum atomic E-state index is 0.0534. The molecule has 0 radical (unpaired) electrons. The van der Waals surface area contributed by atoms with Gasteiger partial charge in [0.25, 0.3) is 0 Å². The molecule has 0 fully saturated rings. The molecule has 1 rings (SSSR count). The minimum Gasteiger partial charge on any atom is -0.398 e. The van der Waals surface area contributed by atoms with Crippen molar-refractivity contribution in [2.45, 2.75) is 32.7 Å². The zero-order chi connectivity index (χ0) is 10.9. The molecule has 0 unspecified atom stereocenters. The summed E-state index contributed by atoms with van der Waals surface area (Å²) in [5.74, 6) is 0. The summed E-state index contributed by atoms with van der Waals surface area (Å²) < 4.78 is 1.04. The van der Waals surface area contributed by atoms with Crippen LogP contribution in [-0.2, 0) is 12.0 Å². The number of halogens is 1. The second-order valence-electron chi connectivity index (χ2n) is 4.48. The lowest BCUT2D eigenvalue weighted by molar-refractivity contribution is 0.591. The van der Waals surface area contributed by atoms with Crippen LogP contribution in [0.2, 0.25) is 0 Å². The number of nitrogen functional groups attached to an aromatic ring is 1. The molecule has 3 heteroatoms. The monoisotopic (exact) mass is 256 g/mol. The minimum absolute atomic E-state index is 0.0534. The van der Waals surface area contributed by atoms with Gasteiger partial charge in [-0.15, -0.1) is 0 Å². The Kier molecular flexibility index (Phi) is 3.22. The molecule has 78 valence electrons. The summed E-state index contributed by atoms with van der Waals surface area (Å²) in [7, 11) is 0. The van der Waals surface area contributed by atoms with Crippen LogP contribution in [0, 0.1) is 0 Å². The highest BCUT2D eigenvalue weighted by atomic mass is 79.9. The molecule has 1 aromatic rings. The lowest BCUT2D eigenvalue weighted by Crippen LogP contribution is -2.16. The van der Waals surface area contributed by atoms with E-state index in [0.717, 1.165) is 21.3 Å². The first-order valence-corrected chi connectivity index (χ1v) is 5.44. The maximum Gasteiger partial charge on any atom is 0.0398 e. The first-order chi connectivity index (χ1) is 6.36. The molecular formula is C11H17BrN2. The third kappa shape index (κ3) is 2.28. The van der Waals surface area contributed by atoms with Crippen LogP contribution in [0.25, 0.3) is 0 Å². The molecule has 4 N–H and O–H groups in total. The van der Waals surface area contributed by atoms with Gasteiger partial charge in [0.2, 0.25) is 0 Å². The van der Waals surface area contributed by atoms with Gasteiger partial charge in [-0.05, 0) is 28.7 Å². The molecule has 0 aliphatic carbocycles. The van der Waals surface area contributed by atoms with Gasteiger partial charge in [0.1, 0.15) is 0 Å². The van der Waals surface area contributed by atoms with E-state index in [1.54, 1.807) is 0 Å². The summed E-state index contributed by atoms with van der Waals surface area (Å²) in [4.78, 5) is 0. The summed E-state index contributed by atoms with van der Waals surface area (Å²) in [5.41, 5.74) is 14.7. The van der Waals surface area contributed by atoms with Gasteiger partial charge in [-0.1, -0.05) is 36.7 Å². The van der Waals surface area contributed by atoms with Gasteiger partial charge in [-0.3, -0.25) is 0 Å². The number of anilines is 1. The van der Waals surface area contributed by atoms with E-state index in [1.807, 2.05) is 6.07 Å². The molecule has 0 aliphatic heterocycles. The predicted molar refractivity (Wildman–Crippen MR) is 65.1 cm³/mol. The Morgan fingerprint density at radius 1 is 1.29 bits per heavy atom. The molecule has 0 saturated heterocycles. The number of hydrogen-bond donors (Lipinski definition) is 2. The molecule has 0 spiro atoms. The number of hydrogen-bond acceptors (Lipinski definition) is 2. The van der Waals surface area contributed by atoms with Crippen LogP contribution in [0.3, 0.4) is 0 Å². The second kappa shape index (κ2) is 3.91. The van der Waals surface area contributed by atoms with E-state index < -0.39 is 0 Å². The molecule has 0 heterocycles. The average molecular weight is 257 g/mol. The number of benzene rings is 1. The van der Waals surface area contributed by atoms with Crippen LogP contribution in [-0.4, -0.2) is 0 Å². The van der Waals surface area contributed by atoms with Gasteiger partial charge in [0.15, 0.2) is 0 Å². The highest BCUT2D eigenvalue weighted by Crippen LogP contribution is 2.32. The van der Waals surface area contributed by atoms with Crippen LogP contribution in [0.1, 0.15) is 31.9 Å². The van der Waals surface area contributed by atoms with Gasteiger partial charge in [-0.25, -0.2) is 0 Å². The largest absolute Gasteiger partial charge is 0.398 e. The Bertz CT molecular complexity index is 340. The zero-order valence-electron chi connectivity index (χ0n) is 8.89. The molecule has 0 atom stereocenters. The predicted octanol–water partition coefficient (Wildman–Crippen LogP) is 2.79. The third-order valence-corrected chi connectivity index (χ3v) is 2.72. The molecule has 0 aromatic heterocycles. The van der Waals surface area contributed by atoms with Gasteiger partial charge in [-0.2, -0.15) is 0 Å². The van der Waals surface area contributed by atoms with Gasteiger partial charge >= 0.3 is 0 Å². The SMILES string of the molecule is CC(C)(C)c1cc(Br)cc(CN)c1N. The fraction of sp³-hybridized carbons (Fsp3) is 0.455. The quantitative estimate of drug-likeness (QED) is 0.760. The van der Waals surface area contributed by atoms with E-state index in [9.17, 15) is 0 Å². The lowest BCUT2D eigenvalue weighted by atomic mass is 9.84. The average Bonchev–Trinajstić information content (AvgIpc) is 2.06. The van der Waals surface area contributed by atoms with Crippen LogP contribution >= 0.6 is 15.9 Å². The van der Waals surface area contributed by atoms with Crippen molar-refractivity contribution in [1.82, 2.24) is 0 Å². The highest BCUT2D eigenvalue weighted by molar-refractivity contribution is 9.10. The van der Waals surface area contributed by atoms with E-state index >= 15 is 0 Å². The van der Waals surface area contributed by atoms with Gasteiger partial charge in [0.05, 0.1) is 0 Å². The van der Waals surface area contributed by atoms with Crippen molar-refractivity contribution < 1.29 is 0 Å². The highest BCUT2D eigenvalue weighted by Gasteiger charge is 2.18. The van der Waals surface area contributed by atoms with Crippen LogP contribution in [0.5, 0.6) is 0 Å². The molecule has 14 heavy (non-hydrogen) atoms. The zero-order valence-corrected chi connectivity index (χ0v) is 10.5. The smallest absolute Gasteiger partial charge is 0.0398 e. The summed E-state index contributed by atoms with van der Waals surface area (Å²) in [5, 5.41) is 0. The second-order valence-corrected chi connectivity index (χ2v) is 5.40. The molecular weight excluding hydrogens is 240 g/mol. The Morgan fingerprint density at radius 2 is 1.86 bits per heavy atom. The molecule has 0 aliphatic rings. The number of nitrogens with two attached hydrogens (primary N) is 2. The van der Waals surface area contributed by atoms with Crippen LogP contribution in [0.4, 0.5) is 5.69 Å². The van der Waals surface area contributed by atoms with Crippen molar-refractivity contribution in [3.05, 3.63) is 27.7 Å². The van der Waals surface area contributed by atoms with Crippen molar-refractivity contribution in [2.75, 3.05) is 5.73 Å². The molecule has 1 aromatic carbocycles. The van der Waals surface area contributed by atoms with E-state index in [1.165, 1.54) is 0 Å². The standard InChI is InChI=1S/C11H17BrN2/c1-11(2,3)9-5-8(12)4-7(6-13)10(9)14/h4-5H,6,13-14H2,1-3H3. The van der Waals surface area contributed by atoms with Gasteiger partial charge in [0, 0.05) is 16.7 Å². The van der Waals surface area contributed by atoms with Crippen molar-refractivity contribution >= 4 is 21.6 Å². The fourth-order valence-electron chi connectivity index (χ4n) is 1.46. The summed E-state index contributed by atoms with van der Waals surface area (Å²) >= 11 is 3.47. The van der Waals surface area contributed by atoms with Crippen molar-refractivity contribution in [1.29, 1.82) is 0 Å². The lowest BCUT2D eigenvalue weighted by Gasteiger charge is -2.23. The Hall–Kier alpha value is -0.540. The van der Waals surface area contributed by atoms with Crippen molar-refractivity contribution in [3.8, 4) is 0 Å². The molecule has 0 amide bonds. The molecule has 2 nitrogen and oxygen atoms in total. The third-order valence-electron chi connectivity index (χ3n) is 2.26. The van der Waals surface area contributed by atoms with E-state index in [2.05, 4.69) is 42.8 Å². The normalized spacial score (nSPS) is 11.8. The number of rotatable bonds is 1. The topological polar surface area (TPSA) is 52.0 Å². The van der Waals surface area contributed by atoms with Crippen LogP contribution < -0.4 is 11.5 Å². The van der Waals surface area contributed by atoms with Gasteiger partial charge < -0.3 is 11.5 Å². The summed E-state index contributed by atoms with van der Waals surface area (Å²) in [6.07, 6.45) is 0.